The molecule has 2 heterocycles. The topological polar surface area (TPSA) is 96.3 Å². The first kappa shape index (κ1) is 21.9. The van der Waals surface area contributed by atoms with E-state index < -0.39 is 0 Å². The van der Waals surface area contributed by atoms with Crippen LogP contribution in [0.3, 0.4) is 0 Å². The molecular weight excluding hydrogens is 412 g/mol. The van der Waals surface area contributed by atoms with Crippen molar-refractivity contribution in [3.8, 4) is 11.5 Å². The lowest BCUT2D eigenvalue weighted by atomic mass is 10.2. The molecule has 32 heavy (non-hydrogen) atoms. The molecule has 168 valence electrons. The van der Waals surface area contributed by atoms with Gasteiger partial charge in [0, 0.05) is 10.8 Å². The summed E-state index contributed by atoms with van der Waals surface area (Å²) in [4.78, 5) is 0. The van der Waals surface area contributed by atoms with E-state index in [0.717, 1.165) is 16.3 Å². The van der Waals surface area contributed by atoms with Crippen molar-refractivity contribution in [3.63, 3.8) is 0 Å². The number of hydrogen-bond acceptors (Lipinski definition) is 9. The first-order valence-corrected chi connectivity index (χ1v) is 10.5. The summed E-state index contributed by atoms with van der Waals surface area (Å²) in [6.45, 7) is 3.86. The van der Waals surface area contributed by atoms with Crippen molar-refractivity contribution in [2.24, 2.45) is 5.10 Å². The molecule has 0 unspecified atom stereocenters. The van der Waals surface area contributed by atoms with Gasteiger partial charge in [-0.3, -0.25) is 5.43 Å². The lowest BCUT2D eigenvalue weighted by Crippen LogP contribution is -2.13. The van der Waals surface area contributed by atoms with E-state index in [4.69, 9.17) is 23.7 Å². The summed E-state index contributed by atoms with van der Waals surface area (Å²) in [6, 6.07) is 13.5. The van der Waals surface area contributed by atoms with Gasteiger partial charge in [0.25, 0.3) is 0 Å². The Morgan fingerprint density at radius 1 is 0.781 bits per heavy atom. The predicted molar refractivity (Wildman–Crippen MR) is 121 cm³/mol. The van der Waals surface area contributed by atoms with Crippen LogP contribution in [0, 0.1) is 0 Å². The van der Waals surface area contributed by atoms with Gasteiger partial charge in [-0.15, -0.1) is 5.10 Å². The second-order valence-electron chi connectivity index (χ2n) is 6.89. The third-order valence-electron chi connectivity index (χ3n) is 4.64. The van der Waals surface area contributed by atoms with E-state index in [9.17, 15) is 0 Å². The number of aromatic nitrogens is 2. The summed E-state index contributed by atoms with van der Waals surface area (Å²) in [6.07, 6.45) is 3.42. The third kappa shape index (κ3) is 6.36. The Hall–Kier alpha value is -3.27. The molecule has 0 atom stereocenters. The molecule has 0 fully saturated rings. The van der Waals surface area contributed by atoms with Crippen molar-refractivity contribution in [2.75, 3.05) is 58.3 Å². The Bertz CT molecular complexity index is 1020. The smallest absolute Gasteiger partial charge is 0.176 e. The highest BCUT2D eigenvalue weighted by molar-refractivity contribution is 5.91. The second kappa shape index (κ2) is 11.9. The fourth-order valence-corrected chi connectivity index (χ4v) is 3.08. The van der Waals surface area contributed by atoms with E-state index in [1.54, 1.807) is 12.4 Å². The number of fused-ring (bicyclic) bond motifs is 2. The zero-order valence-corrected chi connectivity index (χ0v) is 17.7. The van der Waals surface area contributed by atoms with Crippen LogP contribution >= 0.6 is 0 Å². The number of ether oxygens (including phenoxy) is 5. The number of nitrogens with zero attached hydrogens (tertiary/aromatic N) is 3. The van der Waals surface area contributed by atoms with Crippen molar-refractivity contribution in [1.29, 1.82) is 0 Å². The van der Waals surface area contributed by atoms with E-state index in [2.05, 4.69) is 20.7 Å². The molecule has 0 saturated heterocycles. The lowest BCUT2D eigenvalue weighted by molar-refractivity contribution is 0.00708. The maximum Gasteiger partial charge on any atom is 0.176 e. The molecule has 1 aromatic heterocycles. The van der Waals surface area contributed by atoms with Crippen LogP contribution < -0.4 is 14.9 Å². The van der Waals surface area contributed by atoms with Crippen LogP contribution in [-0.4, -0.2) is 69.3 Å². The number of hydrogen-bond donors (Lipinski definition) is 1. The Labute approximate surface area is 186 Å². The lowest BCUT2D eigenvalue weighted by Gasteiger charge is -2.13. The maximum absolute atomic E-state index is 5.89. The van der Waals surface area contributed by atoms with Crippen molar-refractivity contribution in [1.82, 2.24) is 10.2 Å². The van der Waals surface area contributed by atoms with Crippen LogP contribution in [0.15, 0.2) is 53.8 Å². The highest BCUT2D eigenvalue weighted by atomic mass is 16.6. The fraction of sp³-hybridized carbons (Fsp3) is 0.348. The van der Waals surface area contributed by atoms with Gasteiger partial charge in [-0.05, 0) is 23.8 Å². The highest BCUT2D eigenvalue weighted by Crippen LogP contribution is 2.28. The largest absolute Gasteiger partial charge is 0.487 e. The molecule has 9 heteroatoms. The molecule has 0 aliphatic carbocycles. The minimum absolute atomic E-state index is 0.400. The van der Waals surface area contributed by atoms with Crippen LogP contribution in [0.2, 0.25) is 0 Å². The SMILES string of the molecule is C(=N\Nc1nncc2ccccc12)/c1ccc2c(c1)OCCOCCOCCOCCO2. The van der Waals surface area contributed by atoms with E-state index in [-0.39, 0.29) is 0 Å². The molecule has 0 spiro atoms. The monoisotopic (exact) mass is 438 g/mol. The van der Waals surface area contributed by atoms with Crippen molar-refractivity contribution in [3.05, 3.63) is 54.2 Å². The van der Waals surface area contributed by atoms with Crippen LogP contribution in [0.5, 0.6) is 11.5 Å². The van der Waals surface area contributed by atoms with Gasteiger partial charge in [-0.25, -0.2) is 0 Å². The standard InChI is InChI=1S/C23H26N4O5/c1-2-4-20-19(3-1)17-25-27-23(20)26-24-16-18-5-6-21-22(15-18)32-14-12-30-10-8-28-7-9-29-11-13-31-21/h1-6,15-17H,7-14H2,(H,26,27)/b24-16+. The van der Waals surface area contributed by atoms with E-state index in [0.29, 0.717) is 70.2 Å². The normalized spacial score (nSPS) is 16.4. The van der Waals surface area contributed by atoms with Gasteiger partial charge in [-0.2, -0.15) is 10.2 Å². The summed E-state index contributed by atoms with van der Waals surface area (Å²) < 4.78 is 28.2. The average molecular weight is 438 g/mol. The quantitative estimate of drug-likeness (QED) is 0.493. The Morgan fingerprint density at radius 2 is 1.47 bits per heavy atom. The first-order chi connectivity index (χ1) is 15.9. The van der Waals surface area contributed by atoms with E-state index in [1.807, 2.05) is 42.5 Å². The van der Waals surface area contributed by atoms with Crippen LogP contribution in [0.4, 0.5) is 5.82 Å². The molecule has 1 aliphatic heterocycles. The second-order valence-corrected chi connectivity index (χ2v) is 6.89. The summed E-state index contributed by atoms with van der Waals surface area (Å²) in [5, 5.41) is 14.4. The number of rotatable bonds is 3. The maximum atomic E-state index is 5.89. The first-order valence-electron chi connectivity index (χ1n) is 10.5. The van der Waals surface area contributed by atoms with Crippen molar-refractivity contribution >= 4 is 22.8 Å². The molecule has 9 nitrogen and oxygen atoms in total. The minimum Gasteiger partial charge on any atom is -0.487 e. The van der Waals surface area contributed by atoms with Gasteiger partial charge in [-0.1, -0.05) is 24.3 Å². The summed E-state index contributed by atoms with van der Waals surface area (Å²) in [7, 11) is 0. The number of anilines is 1. The number of benzene rings is 2. The molecule has 1 aliphatic rings. The van der Waals surface area contributed by atoms with Gasteiger partial charge >= 0.3 is 0 Å². The van der Waals surface area contributed by atoms with E-state index in [1.165, 1.54) is 0 Å². The zero-order chi connectivity index (χ0) is 21.8. The Kier molecular flexibility index (Phi) is 8.19. The summed E-state index contributed by atoms with van der Waals surface area (Å²) >= 11 is 0. The van der Waals surface area contributed by atoms with Gasteiger partial charge in [0.1, 0.15) is 13.2 Å². The van der Waals surface area contributed by atoms with Crippen molar-refractivity contribution in [2.45, 2.75) is 0 Å². The molecule has 0 saturated carbocycles. The van der Waals surface area contributed by atoms with Crippen LogP contribution in [0.25, 0.3) is 10.8 Å². The fourth-order valence-electron chi connectivity index (χ4n) is 3.08. The molecular formula is C23H26N4O5. The number of nitrogens with one attached hydrogen (secondary N) is 1. The van der Waals surface area contributed by atoms with Crippen molar-refractivity contribution < 1.29 is 23.7 Å². The average Bonchev–Trinajstić information content (AvgIpc) is 2.83. The van der Waals surface area contributed by atoms with Gasteiger partial charge in [0.05, 0.1) is 52.1 Å². The molecule has 0 bridgehead atoms. The third-order valence-corrected chi connectivity index (χ3v) is 4.64. The van der Waals surface area contributed by atoms with Crippen LogP contribution in [-0.2, 0) is 14.2 Å². The Morgan fingerprint density at radius 3 is 2.25 bits per heavy atom. The molecule has 2 aromatic carbocycles. The molecule has 0 amide bonds. The van der Waals surface area contributed by atoms with E-state index >= 15 is 0 Å². The summed E-state index contributed by atoms with van der Waals surface area (Å²) in [5.41, 5.74) is 3.81. The molecule has 4 rings (SSSR count). The zero-order valence-electron chi connectivity index (χ0n) is 17.7. The molecule has 3 aromatic rings. The molecule has 1 N–H and O–H groups in total. The van der Waals surface area contributed by atoms with Crippen LogP contribution in [0.1, 0.15) is 5.56 Å². The number of hydrazone groups is 1. The van der Waals surface area contributed by atoms with Gasteiger partial charge < -0.3 is 23.7 Å². The van der Waals surface area contributed by atoms with Gasteiger partial charge in [0.2, 0.25) is 0 Å². The Balaban J connectivity index is 1.43. The van der Waals surface area contributed by atoms with Gasteiger partial charge in [0.15, 0.2) is 17.3 Å². The highest BCUT2D eigenvalue weighted by Gasteiger charge is 2.08. The minimum atomic E-state index is 0.400. The summed E-state index contributed by atoms with van der Waals surface area (Å²) in [5.74, 6) is 1.85. The molecule has 0 radical (unpaired) electrons. The predicted octanol–water partition coefficient (Wildman–Crippen LogP) is 2.90.